The molecule has 0 bridgehead atoms. The van der Waals surface area contributed by atoms with Gasteiger partial charge in [-0.3, -0.25) is 0 Å². The molecular formula is C17H25ClO2. The van der Waals surface area contributed by atoms with Crippen LogP contribution >= 0.6 is 11.6 Å². The van der Waals surface area contributed by atoms with Crippen molar-refractivity contribution in [3.63, 3.8) is 0 Å². The zero-order chi connectivity index (χ0) is 14.4. The number of halogens is 1. The van der Waals surface area contributed by atoms with Crippen LogP contribution < -0.4 is 9.47 Å². The summed E-state index contributed by atoms with van der Waals surface area (Å²) >= 11 is 6.79. The fourth-order valence-corrected chi connectivity index (χ4v) is 3.51. The van der Waals surface area contributed by atoms with Crippen molar-refractivity contribution in [2.24, 2.45) is 5.92 Å². The van der Waals surface area contributed by atoms with Gasteiger partial charge in [-0.05, 0) is 37.0 Å². The van der Waals surface area contributed by atoms with Gasteiger partial charge in [-0.1, -0.05) is 32.1 Å². The van der Waals surface area contributed by atoms with Gasteiger partial charge in [-0.25, -0.2) is 0 Å². The summed E-state index contributed by atoms with van der Waals surface area (Å²) in [6.07, 6.45) is 9.08. The van der Waals surface area contributed by atoms with Crippen LogP contribution in [0, 0.1) is 5.92 Å². The van der Waals surface area contributed by atoms with Crippen LogP contribution in [0.2, 0.25) is 0 Å². The summed E-state index contributed by atoms with van der Waals surface area (Å²) in [4.78, 5) is 0. The second-order valence-electron chi connectivity index (χ2n) is 5.61. The van der Waals surface area contributed by atoms with Crippen molar-refractivity contribution in [3.8, 4) is 11.5 Å². The third-order valence-electron chi connectivity index (χ3n) is 4.30. The molecular weight excluding hydrogens is 272 g/mol. The number of hydrogen-bond donors (Lipinski definition) is 0. The summed E-state index contributed by atoms with van der Waals surface area (Å²) in [6.45, 7) is 0. The molecule has 0 saturated heterocycles. The smallest absolute Gasteiger partial charge is 0.123 e. The molecule has 1 atom stereocenters. The highest BCUT2D eigenvalue weighted by Crippen LogP contribution is 2.42. The maximum absolute atomic E-state index is 6.79. The fourth-order valence-electron chi connectivity index (χ4n) is 3.09. The normalized spacial score (nSPS) is 18.9. The molecule has 20 heavy (non-hydrogen) atoms. The standard InChI is InChI=1S/C17H25ClO2/c1-19-14-10-11-16(20-2)15(12-14)17(18)13-8-6-4-3-5-7-9-13/h10-13,17H,3-9H2,1-2H3. The highest BCUT2D eigenvalue weighted by atomic mass is 35.5. The summed E-state index contributed by atoms with van der Waals surface area (Å²) in [7, 11) is 3.39. The van der Waals surface area contributed by atoms with E-state index in [2.05, 4.69) is 0 Å². The van der Waals surface area contributed by atoms with E-state index in [0.717, 1.165) is 17.1 Å². The maximum Gasteiger partial charge on any atom is 0.123 e. The lowest BCUT2D eigenvalue weighted by Crippen LogP contribution is -2.11. The lowest BCUT2D eigenvalue weighted by molar-refractivity contribution is 0.355. The minimum Gasteiger partial charge on any atom is -0.497 e. The molecule has 0 aliphatic heterocycles. The average Bonchev–Trinajstić information content (AvgIpc) is 2.45. The third-order valence-corrected chi connectivity index (χ3v) is 4.89. The molecule has 0 radical (unpaired) electrons. The third kappa shape index (κ3) is 3.82. The molecule has 1 unspecified atom stereocenters. The van der Waals surface area contributed by atoms with Gasteiger partial charge >= 0.3 is 0 Å². The number of ether oxygens (including phenoxy) is 2. The molecule has 0 spiro atoms. The second-order valence-corrected chi connectivity index (χ2v) is 6.09. The van der Waals surface area contributed by atoms with E-state index in [-0.39, 0.29) is 5.38 Å². The van der Waals surface area contributed by atoms with Crippen molar-refractivity contribution in [1.29, 1.82) is 0 Å². The number of rotatable bonds is 4. The Kier molecular flexibility index (Phi) is 6.03. The predicted molar refractivity (Wildman–Crippen MR) is 83.9 cm³/mol. The van der Waals surface area contributed by atoms with E-state index in [1.54, 1.807) is 14.2 Å². The first kappa shape index (κ1) is 15.5. The van der Waals surface area contributed by atoms with Gasteiger partial charge in [0.05, 0.1) is 19.6 Å². The Morgan fingerprint density at radius 2 is 1.65 bits per heavy atom. The number of hydrogen-bond acceptors (Lipinski definition) is 2. The number of alkyl halides is 1. The monoisotopic (exact) mass is 296 g/mol. The van der Waals surface area contributed by atoms with Gasteiger partial charge in [0.1, 0.15) is 11.5 Å². The van der Waals surface area contributed by atoms with Gasteiger partial charge in [0.25, 0.3) is 0 Å². The van der Waals surface area contributed by atoms with E-state index in [4.69, 9.17) is 21.1 Å². The SMILES string of the molecule is COc1ccc(OC)c(C(Cl)C2CCCCCCC2)c1. The quantitative estimate of drug-likeness (QED) is 0.698. The van der Waals surface area contributed by atoms with Crippen molar-refractivity contribution in [1.82, 2.24) is 0 Å². The van der Waals surface area contributed by atoms with Crippen molar-refractivity contribution < 1.29 is 9.47 Å². The Labute approximate surface area is 127 Å². The molecule has 1 aliphatic rings. The molecule has 0 heterocycles. The predicted octanol–water partition coefficient (Wildman–Crippen LogP) is 5.34. The molecule has 1 aromatic carbocycles. The lowest BCUT2D eigenvalue weighted by Gasteiger charge is -2.26. The highest BCUT2D eigenvalue weighted by Gasteiger charge is 2.24. The van der Waals surface area contributed by atoms with Gasteiger partial charge < -0.3 is 9.47 Å². The van der Waals surface area contributed by atoms with Crippen LogP contribution in [0.3, 0.4) is 0 Å². The van der Waals surface area contributed by atoms with E-state index >= 15 is 0 Å². The minimum atomic E-state index is 0.0122. The molecule has 0 aromatic heterocycles. The van der Waals surface area contributed by atoms with E-state index in [0.29, 0.717) is 5.92 Å². The molecule has 0 N–H and O–H groups in total. The van der Waals surface area contributed by atoms with Gasteiger partial charge in [0, 0.05) is 5.56 Å². The Bertz CT molecular complexity index is 411. The first-order chi connectivity index (χ1) is 9.76. The molecule has 112 valence electrons. The fraction of sp³-hybridized carbons (Fsp3) is 0.647. The van der Waals surface area contributed by atoms with Crippen LogP contribution in [0.25, 0.3) is 0 Å². The molecule has 2 nitrogen and oxygen atoms in total. The zero-order valence-corrected chi connectivity index (χ0v) is 13.3. The zero-order valence-electron chi connectivity index (χ0n) is 12.5. The van der Waals surface area contributed by atoms with Gasteiger partial charge in [0.15, 0.2) is 0 Å². The average molecular weight is 297 g/mol. The molecule has 3 heteroatoms. The van der Waals surface area contributed by atoms with Gasteiger partial charge in [-0.15, -0.1) is 11.6 Å². The van der Waals surface area contributed by atoms with Gasteiger partial charge in [-0.2, -0.15) is 0 Å². The van der Waals surface area contributed by atoms with Crippen LogP contribution in [0.1, 0.15) is 55.9 Å². The van der Waals surface area contributed by atoms with Crippen LogP contribution in [0.15, 0.2) is 18.2 Å². The van der Waals surface area contributed by atoms with Crippen LogP contribution in [0.5, 0.6) is 11.5 Å². The summed E-state index contributed by atoms with van der Waals surface area (Å²) < 4.78 is 10.8. The van der Waals surface area contributed by atoms with E-state index in [1.807, 2.05) is 18.2 Å². The molecule has 1 aromatic rings. The van der Waals surface area contributed by atoms with E-state index < -0.39 is 0 Å². The highest BCUT2D eigenvalue weighted by molar-refractivity contribution is 6.21. The van der Waals surface area contributed by atoms with E-state index in [9.17, 15) is 0 Å². The Morgan fingerprint density at radius 1 is 1.00 bits per heavy atom. The first-order valence-electron chi connectivity index (χ1n) is 7.62. The van der Waals surface area contributed by atoms with Crippen LogP contribution in [-0.2, 0) is 0 Å². The maximum atomic E-state index is 6.79. The van der Waals surface area contributed by atoms with E-state index in [1.165, 1.54) is 44.9 Å². The second kappa shape index (κ2) is 7.78. The number of benzene rings is 1. The van der Waals surface area contributed by atoms with Crippen molar-refractivity contribution in [3.05, 3.63) is 23.8 Å². The summed E-state index contributed by atoms with van der Waals surface area (Å²) in [6, 6.07) is 5.89. The summed E-state index contributed by atoms with van der Waals surface area (Å²) in [5.41, 5.74) is 1.07. The Hall–Kier alpha value is -0.890. The van der Waals surface area contributed by atoms with Crippen molar-refractivity contribution >= 4 is 11.6 Å². The molecule has 1 fully saturated rings. The molecule has 1 aliphatic carbocycles. The van der Waals surface area contributed by atoms with Gasteiger partial charge in [0.2, 0.25) is 0 Å². The van der Waals surface area contributed by atoms with Crippen LogP contribution in [0.4, 0.5) is 0 Å². The van der Waals surface area contributed by atoms with Crippen molar-refractivity contribution in [2.45, 2.75) is 50.3 Å². The largest absolute Gasteiger partial charge is 0.497 e. The first-order valence-corrected chi connectivity index (χ1v) is 8.06. The lowest BCUT2D eigenvalue weighted by atomic mass is 9.86. The minimum absolute atomic E-state index is 0.0122. The Balaban J connectivity index is 2.18. The molecule has 2 rings (SSSR count). The summed E-state index contributed by atoms with van der Waals surface area (Å²) in [5, 5.41) is 0.0122. The number of methoxy groups -OCH3 is 2. The van der Waals surface area contributed by atoms with Crippen LogP contribution in [-0.4, -0.2) is 14.2 Å². The summed E-state index contributed by atoms with van der Waals surface area (Å²) in [5.74, 6) is 2.25. The van der Waals surface area contributed by atoms with Crippen molar-refractivity contribution in [2.75, 3.05) is 14.2 Å². The molecule has 1 saturated carbocycles. The molecule has 0 amide bonds. The Morgan fingerprint density at radius 3 is 2.25 bits per heavy atom. The topological polar surface area (TPSA) is 18.5 Å².